The topological polar surface area (TPSA) is 12.0 Å². The molecule has 1 nitrogen and oxygen atoms in total. The van der Waals surface area contributed by atoms with Gasteiger partial charge in [0.25, 0.3) is 0 Å². The molecule has 0 bridgehead atoms. The van der Waals surface area contributed by atoms with Crippen molar-refractivity contribution in [3.05, 3.63) is 34.9 Å². The number of benzene rings is 1. The van der Waals surface area contributed by atoms with Crippen LogP contribution < -0.4 is 5.32 Å². The minimum Gasteiger partial charge on any atom is -0.312 e. The van der Waals surface area contributed by atoms with Crippen molar-refractivity contribution in [3.8, 4) is 0 Å². The molecular formula is C12H18ClN. The van der Waals surface area contributed by atoms with Crippen LogP contribution in [0.3, 0.4) is 0 Å². The fourth-order valence-corrected chi connectivity index (χ4v) is 1.36. The molecule has 0 spiro atoms. The van der Waals surface area contributed by atoms with Crippen molar-refractivity contribution in [1.29, 1.82) is 0 Å². The summed E-state index contributed by atoms with van der Waals surface area (Å²) in [7, 11) is 0. The van der Waals surface area contributed by atoms with E-state index in [4.69, 9.17) is 11.6 Å². The summed E-state index contributed by atoms with van der Waals surface area (Å²) >= 11 is 5.80. The van der Waals surface area contributed by atoms with E-state index in [2.05, 4.69) is 38.2 Å². The van der Waals surface area contributed by atoms with Crippen molar-refractivity contribution in [3.63, 3.8) is 0 Å². The standard InChI is InChI=1S/C12H18ClN/c1-12(2,3)14-9-8-10-4-6-11(13)7-5-10/h4-7,14H,8-9H2,1-3H3. The van der Waals surface area contributed by atoms with Gasteiger partial charge >= 0.3 is 0 Å². The Labute approximate surface area is 91.5 Å². The van der Waals surface area contributed by atoms with Gasteiger partial charge in [-0.2, -0.15) is 0 Å². The Morgan fingerprint density at radius 1 is 1.14 bits per heavy atom. The molecule has 0 amide bonds. The predicted molar refractivity (Wildman–Crippen MR) is 62.9 cm³/mol. The van der Waals surface area contributed by atoms with E-state index in [0.29, 0.717) is 0 Å². The van der Waals surface area contributed by atoms with Gasteiger partial charge in [0.2, 0.25) is 0 Å². The molecule has 0 aliphatic heterocycles. The second-order valence-electron chi connectivity index (χ2n) is 4.55. The number of nitrogens with one attached hydrogen (secondary N) is 1. The van der Waals surface area contributed by atoms with Crippen LogP contribution in [0.1, 0.15) is 26.3 Å². The third-order valence-corrected chi connectivity index (χ3v) is 2.23. The summed E-state index contributed by atoms with van der Waals surface area (Å²) in [6, 6.07) is 8.03. The van der Waals surface area contributed by atoms with E-state index in [9.17, 15) is 0 Å². The minimum absolute atomic E-state index is 0.201. The van der Waals surface area contributed by atoms with Crippen LogP contribution in [0.2, 0.25) is 5.02 Å². The van der Waals surface area contributed by atoms with Gasteiger partial charge in [-0.15, -0.1) is 0 Å². The highest BCUT2D eigenvalue weighted by molar-refractivity contribution is 6.30. The largest absolute Gasteiger partial charge is 0.312 e. The number of halogens is 1. The second kappa shape index (κ2) is 4.81. The summed E-state index contributed by atoms with van der Waals surface area (Å²) in [6.07, 6.45) is 1.05. The van der Waals surface area contributed by atoms with Crippen molar-refractivity contribution < 1.29 is 0 Å². The normalized spacial score (nSPS) is 11.7. The lowest BCUT2D eigenvalue weighted by atomic mass is 10.1. The van der Waals surface area contributed by atoms with E-state index in [1.165, 1.54) is 5.56 Å². The molecule has 0 aliphatic carbocycles. The van der Waals surface area contributed by atoms with Crippen LogP contribution in [0.5, 0.6) is 0 Å². The van der Waals surface area contributed by atoms with Gasteiger partial charge in [0.1, 0.15) is 0 Å². The molecule has 0 unspecified atom stereocenters. The molecule has 0 saturated carbocycles. The van der Waals surface area contributed by atoms with Gasteiger partial charge in [-0.1, -0.05) is 23.7 Å². The zero-order valence-corrected chi connectivity index (χ0v) is 9.86. The Balaban J connectivity index is 2.35. The Kier molecular flexibility index (Phi) is 3.97. The number of hydrogen-bond acceptors (Lipinski definition) is 1. The van der Waals surface area contributed by atoms with E-state index in [-0.39, 0.29) is 5.54 Å². The third kappa shape index (κ3) is 4.64. The fraction of sp³-hybridized carbons (Fsp3) is 0.500. The van der Waals surface area contributed by atoms with Crippen LogP contribution >= 0.6 is 11.6 Å². The summed E-state index contributed by atoms with van der Waals surface area (Å²) < 4.78 is 0. The maximum absolute atomic E-state index is 5.80. The van der Waals surface area contributed by atoms with Gasteiger partial charge in [0.05, 0.1) is 0 Å². The first kappa shape index (κ1) is 11.5. The highest BCUT2D eigenvalue weighted by Crippen LogP contribution is 2.09. The molecule has 1 aromatic rings. The molecule has 1 aromatic carbocycles. The molecule has 2 heteroatoms. The zero-order chi connectivity index (χ0) is 10.6. The molecule has 1 rings (SSSR count). The fourth-order valence-electron chi connectivity index (χ4n) is 1.23. The minimum atomic E-state index is 0.201. The SMILES string of the molecule is CC(C)(C)NCCc1ccc(Cl)cc1. The van der Waals surface area contributed by atoms with Gasteiger partial charge in [-0.05, 0) is 51.4 Å². The molecule has 0 saturated heterocycles. The first-order valence-corrected chi connectivity index (χ1v) is 5.35. The van der Waals surface area contributed by atoms with Crippen LogP contribution in [0.15, 0.2) is 24.3 Å². The molecule has 0 aliphatic rings. The summed E-state index contributed by atoms with van der Waals surface area (Å²) in [4.78, 5) is 0. The molecule has 0 radical (unpaired) electrons. The monoisotopic (exact) mass is 211 g/mol. The Bertz CT molecular complexity index is 271. The molecule has 0 atom stereocenters. The van der Waals surface area contributed by atoms with E-state index >= 15 is 0 Å². The number of hydrogen-bond donors (Lipinski definition) is 1. The Morgan fingerprint density at radius 3 is 2.21 bits per heavy atom. The van der Waals surface area contributed by atoms with Crippen LogP contribution in [0.4, 0.5) is 0 Å². The van der Waals surface area contributed by atoms with Crippen LogP contribution in [0, 0.1) is 0 Å². The van der Waals surface area contributed by atoms with Crippen molar-refractivity contribution >= 4 is 11.6 Å². The zero-order valence-electron chi connectivity index (χ0n) is 9.10. The first-order valence-electron chi connectivity index (χ1n) is 4.97. The highest BCUT2D eigenvalue weighted by Gasteiger charge is 2.07. The van der Waals surface area contributed by atoms with Crippen molar-refractivity contribution in [2.45, 2.75) is 32.7 Å². The molecule has 0 heterocycles. The van der Waals surface area contributed by atoms with E-state index in [0.717, 1.165) is 18.0 Å². The average molecular weight is 212 g/mol. The Hall–Kier alpha value is -0.530. The van der Waals surface area contributed by atoms with Gasteiger partial charge in [-0.25, -0.2) is 0 Å². The van der Waals surface area contributed by atoms with Gasteiger partial charge < -0.3 is 5.32 Å². The number of rotatable bonds is 3. The van der Waals surface area contributed by atoms with Gasteiger partial charge in [0.15, 0.2) is 0 Å². The maximum atomic E-state index is 5.80. The summed E-state index contributed by atoms with van der Waals surface area (Å²) in [5, 5.41) is 4.26. The van der Waals surface area contributed by atoms with Crippen molar-refractivity contribution in [2.75, 3.05) is 6.54 Å². The molecule has 1 N–H and O–H groups in total. The lowest BCUT2D eigenvalue weighted by Crippen LogP contribution is -2.37. The van der Waals surface area contributed by atoms with E-state index in [1.54, 1.807) is 0 Å². The average Bonchev–Trinajstić information content (AvgIpc) is 2.06. The molecule has 14 heavy (non-hydrogen) atoms. The van der Waals surface area contributed by atoms with E-state index in [1.807, 2.05) is 12.1 Å². The Morgan fingerprint density at radius 2 is 1.71 bits per heavy atom. The molecular weight excluding hydrogens is 194 g/mol. The van der Waals surface area contributed by atoms with Crippen molar-refractivity contribution in [1.82, 2.24) is 5.32 Å². The molecule has 0 aromatic heterocycles. The first-order chi connectivity index (χ1) is 6.47. The lowest BCUT2D eigenvalue weighted by molar-refractivity contribution is 0.429. The smallest absolute Gasteiger partial charge is 0.0406 e. The van der Waals surface area contributed by atoms with Crippen LogP contribution in [-0.4, -0.2) is 12.1 Å². The second-order valence-corrected chi connectivity index (χ2v) is 4.99. The predicted octanol–water partition coefficient (Wildman–Crippen LogP) is 3.27. The van der Waals surface area contributed by atoms with Crippen LogP contribution in [-0.2, 0) is 6.42 Å². The molecule has 78 valence electrons. The lowest BCUT2D eigenvalue weighted by Gasteiger charge is -2.20. The maximum Gasteiger partial charge on any atom is 0.0406 e. The van der Waals surface area contributed by atoms with Gasteiger partial charge in [0, 0.05) is 10.6 Å². The molecule has 0 fully saturated rings. The quantitative estimate of drug-likeness (QED) is 0.810. The summed E-state index contributed by atoms with van der Waals surface area (Å²) in [6.45, 7) is 7.53. The summed E-state index contributed by atoms with van der Waals surface area (Å²) in [5.41, 5.74) is 1.53. The van der Waals surface area contributed by atoms with Crippen molar-refractivity contribution in [2.24, 2.45) is 0 Å². The summed E-state index contributed by atoms with van der Waals surface area (Å²) in [5.74, 6) is 0. The highest BCUT2D eigenvalue weighted by atomic mass is 35.5. The van der Waals surface area contributed by atoms with Gasteiger partial charge in [-0.3, -0.25) is 0 Å². The van der Waals surface area contributed by atoms with Crippen LogP contribution in [0.25, 0.3) is 0 Å². The third-order valence-electron chi connectivity index (χ3n) is 1.98. The van der Waals surface area contributed by atoms with E-state index < -0.39 is 0 Å².